The van der Waals surface area contributed by atoms with E-state index in [1.54, 1.807) is 0 Å². The first-order chi connectivity index (χ1) is 9.16. The van der Waals surface area contributed by atoms with Gasteiger partial charge in [-0.05, 0) is 37.3 Å². The highest BCUT2D eigenvalue weighted by Gasteiger charge is 2.24. The molecule has 0 saturated carbocycles. The molecule has 1 fully saturated rings. The molecule has 0 spiro atoms. The van der Waals surface area contributed by atoms with Gasteiger partial charge in [0.2, 0.25) is 5.91 Å². The minimum Gasteiger partial charge on any atom is -0.348 e. The summed E-state index contributed by atoms with van der Waals surface area (Å²) in [5.74, 6) is 0.703. The van der Waals surface area contributed by atoms with Crippen LogP contribution in [0, 0.1) is 5.92 Å². The maximum atomic E-state index is 12.2. The minimum atomic E-state index is -0.00151. The first-order valence-electron chi connectivity index (χ1n) is 7.25. The van der Waals surface area contributed by atoms with Gasteiger partial charge in [-0.15, -0.1) is 0 Å². The summed E-state index contributed by atoms with van der Waals surface area (Å²) in [6.07, 6.45) is 3.02. The summed E-state index contributed by atoms with van der Waals surface area (Å²) < 4.78 is 0. The van der Waals surface area contributed by atoms with Crippen molar-refractivity contribution in [1.29, 1.82) is 0 Å². The summed E-state index contributed by atoms with van der Waals surface area (Å²) in [7, 11) is 0. The molecule has 104 valence electrons. The summed E-state index contributed by atoms with van der Waals surface area (Å²) in [6, 6.07) is 10.4. The third kappa shape index (κ3) is 4.06. The molecule has 1 heterocycles. The quantitative estimate of drug-likeness (QED) is 0.854. The maximum Gasteiger partial charge on any atom is 0.237 e. The molecular formula is C16H24N2O. The van der Waals surface area contributed by atoms with E-state index in [0.29, 0.717) is 5.92 Å². The highest BCUT2D eigenvalue weighted by Crippen LogP contribution is 2.21. The molecule has 1 aromatic rings. The van der Waals surface area contributed by atoms with Gasteiger partial charge in [-0.1, -0.05) is 44.2 Å². The molecule has 1 amide bonds. The van der Waals surface area contributed by atoms with E-state index >= 15 is 0 Å². The van der Waals surface area contributed by atoms with Gasteiger partial charge in [0.05, 0.1) is 12.1 Å². The van der Waals surface area contributed by atoms with Gasteiger partial charge in [-0.25, -0.2) is 0 Å². The number of carbonyl (C=O) groups excluding carboxylic acids is 1. The third-order valence-corrected chi connectivity index (χ3v) is 3.60. The predicted molar refractivity (Wildman–Crippen MR) is 77.8 cm³/mol. The van der Waals surface area contributed by atoms with E-state index in [-0.39, 0.29) is 18.0 Å². The lowest BCUT2D eigenvalue weighted by atomic mass is 9.96. The molecule has 19 heavy (non-hydrogen) atoms. The van der Waals surface area contributed by atoms with Crippen molar-refractivity contribution in [1.82, 2.24) is 10.6 Å². The summed E-state index contributed by atoms with van der Waals surface area (Å²) in [5.41, 5.74) is 1.20. The summed E-state index contributed by atoms with van der Waals surface area (Å²) >= 11 is 0. The Balaban J connectivity index is 2.03. The number of hydrogen-bond donors (Lipinski definition) is 2. The van der Waals surface area contributed by atoms with Crippen molar-refractivity contribution >= 4 is 5.91 Å². The Morgan fingerprint density at radius 1 is 1.37 bits per heavy atom. The van der Waals surface area contributed by atoms with Crippen LogP contribution in [0.3, 0.4) is 0 Å². The SMILES string of the molecule is CC(C)CC(NC(=O)[C@@H]1CCCN1)c1ccccc1. The van der Waals surface area contributed by atoms with Crippen LogP contribution in [0.25, 0.3) is 0 Å². The predicted octanol–water partition coefficient (Wildman–Crippen LogP) is 2.64. The van der Waals surface area contributed by atoms with Crippen molar-refractivity contribution in [2.24, 2.45) is 5.92 Å². The first-order valence-corrected chi connectivity index (χ1v) is 7.25. The Bertz CT molecular complexity index is 396. The Kier molecular flexibility index (Phi) is 4.97. The van der Waals surface area contributed by atoms with Crippen LogP contribution in [0.4, 0.5) is 0 Å². The summed E-state index contributed by atoms with van der Waals surface area (Å²) in [6.45, 7) is 5.34. The Labute approximate surface area is 115 Å². The highest BCUT2D eigenvalue weighted by atomic mass is 16.2. The molecule has 2 rings (SSSR count). The molecule has 0 radical (unpaired) electrons. The topological polar surface area (TPSA) is 41.1 Å². The standard InChI is InChI=1S/C16H24N2O/c1-12(2)11-15(13-7-4-3-5-8-13)18-16(19)14-9-6-10-17-14/h3-5,7-8,12,14-15,17H,6,9-11H2,1-2H3,(H,18,19)/t14-,15?/m0/s1. The molecule has 2 atom stereocenters. The van der Waals surface area contributed by atoms with Crippen LogP contribution in [0.2, 0.25) is 0 Å². The molecule has 1 saturated heterocycles. The average Bonchev–Trinajstić information content (AvgIpc) is 2.92. The van der Waals surface area contributed by atoms with Crippen molar-refractivity contribution in [3.63, 3.8) is 0 Å². The molecule has 3 nitrogen and oxygen atoms in total. The number of amides is 1. The molecule has 2 N–H and O–H groups in total. The molecule has 1 aliphatic rings. The van der Waals surface area contributed by atoms with E-state index in [4.69, 9.17) is 0 Å². The van der Waals surface area contributed by atoms with Gasteiger partial charge < -0.3 is 10.6 Å². The van der Waals surface area contributed by atoms with Gasteiger partial charge in [0.25, 0.3) is 0 Å². The lowest BCUT2D eigenvalue weighted by Gasteiger charge is -2.23. The Hall–Kier alpha value is -1.35. The van der Waals surface area contributed by atoms with E-state index < -0.39 is 0 Å². The smallest absolute Gasteiger partial charge is 0.237 e. The average molecular weight is 260 g/mol. The van der Waals surface area contributed by atoms with Crippen LogP contribution < -0.4 is 10.6 Å². The largest absolute Gasteiger partial charge is 0.348 e. The Morgan fingerprint density at radius 2 is 2.11 bits per heavy atom. The number of benzene rings is 1. The first kappa shape index (κ1) is 14.1. The monoisotopic (exact) mass is 260 g/mol. The summed E-state index contributed by atoms with van der Waals surface area (Å²) in [4.78, 5) is 12.2. The van der Waals surface area contributed by atoms with Crippen molar-refractivity contribution in [2.45, 2.75) is 45.2 Å². The van der Waals surface area contributed by atoms with Gasteiger partial charge in [0.15, 0.2) is 0 Å². The molecule has 0 aromatic heterocycles. The van der Waals surface area contributed by atoms with Crippen molar-refractivity contribution < 1.29 is 4.79 Å². The van der Waals surface area contributed by atoms with Gasteiger partial charge in [-0.3, -0.25) is 4.79 Å². The van der Waals surface area contributed by atoms with Crippen LogP contribution >= 0.6 is 0 Å². The lowest BCUT2D eigenvalue weighted by Crippen LogP contribution is -2.42. The van der Waals surface area contributed by atoms with Crippen LogP contribution in [-0.4, -0.2) is 18.5 Å². The van der Waals surface area contributed by atoms with Gasteiger partial charge in [-0.2, -0.15) is 0 Å². The van der Waals surface area contributed by atoms with E-state index in [9.17, 15) is 4.79 Å². The van der Waals surface area contributed by atoms with E-state index in [0.717, 1.165) is 25.8 Å². The van der Waals surface area contributed by atoms with Crippen LogP contribution in [-0.2, 0) is 4.79 Å². The zero-order chi connectivity index (χ0) is 13.7. The minimum absolute atomic E-state index is 0.00151. The highest BCUT2D eigenvalue weighted by molar-refractivity contribution is 5.82. The van der Waals surface area contributed by atoms with E-state index in [1.165, 1.54) is 5.56 Å². The van der Waals surface area contributed by atoms with E-state index in [1.807, 2.05) is 18.2 Å². The van der Waals surface area contributed by atoms with Gasteiger partial charge in [0.1, 0.15) is 0 Å². The summed E-state index contributed by atoms with van der Waals surface area (Å²) in [5, 5.41) is 6.46. The molecule has 1 aliphatic heterocycles. The maximum absolute atomic E-state index is 12.2. The zero-order valence-electron chi connectivity index (χ0n) is 11.9. The second kappa shape index (κ2) is 6.71. The van der Waals surface area contributed by atoms with Gasteiger partial charge in [0, 0.05) is 0 Å². The molecule has 1 unspecified atom stereocenters. The number of nitrogens with one attached hydrogen (secondary N) is 2. The third-order valence-electron chi connectivity index (χ3n) is 3.60. The molecule has 0 bridgehead atoms. The normalized spacial score (nSPS) is 20.5. The van der Waals surface area contributed by atoms with Crippen molar-refractivity contribution in [2.75, 3.05) is 6.54 Å². The van der Waals surface area contributed by atoms with E-state index in [2.05, 4.69) is 36.6 Å². The van der Waals surface area contributed by atoms with Crippen LogP contribution in [0.15, 0.2) is 30.3 Å². The number of rotatable bonds is 5. The van der Waals surface area contributed by atoms with Crippen molar-refractivity contribution in [3.05, 3.63) is 35.9 Å². The molecule has 3 heteroatoms. The second-order valence-electron chi connectivity index (χ2n) is 5.75. The fourth-order valence-electron chi connectivity index (χ4n) is 2.62. The molecule has 0 aliphatic carbocycles. The molecule has 1 aromatic carbocycles. The molecular weight excluding hydrogens is 236 g/mol. The van der Waals surface area contributed by atoms with Crippen molar-refractivity contribution in [3.8, 4) is 0 Å². The fraction of sp³-hybridized carbons (Fsp3) is 0.562. The lowest BCUT2D eigenvalue weighted by molar-refractivity contribution is -0.123. The van der Waals surface area contributed by atoms with Crippen LogP contribution in [0.5, 0.6) is 0 Å². The van der Waals surface area contributed by atoms with Gasteiger partial charge >= 0.3 is 0 Å². The van der Waals surface area contributed by atoms with Crippen LogP contribution in [0.1, 0.15) is 44.7 Å². The number of hydrogen-bond acceptors (Lipinski definition) is 2. The second-order valence-corrected chi connectivity index (χ2v) is 5.75. The zero-order valence-corrected chi connectivity index (χ0v) is 11.9. The number of carbonyl (C=O) groups is 1. The fourth-order valence-corrected chi connectivity index (χ4v) is 2.62. The Morgan fingerprint density at radius 3 is 2.68 bits per heavy atom.